The Hall–Kier alpha value is -1.42. The molecule has 0 N–H and O–H groups in total. The molecule has 1 aromatic carbocycles. The largest absolute Gasteiger partial charge is 0.255 e. The Balaban J connectivity index is 2.79. The highest BCUT2D eigenvalue weighted by molar-refractivity contribution is 7.94. The number of allylic oxidation sites excluding steroid dienone is 1. The van der Waals surface area contributed by atoms with Crippen LogP contribution < -0.4 is 0 Å². The van der Waals surface area contributed by atoms with E-state index < -0.39 is 9.84 Å². The van der Waals surface area contributed by atoms with E-state index in [0.29, 0.717) is 5.69 Å². The summed E-state index contributed by atoms with van der Waals surface area (Å²) in [7, 11) is -3.28. The van der Waals surface area contributed by atoms with Crippen molar-refractivity contribution in [2.45, 2.75) is 4.90 Å². The number of hydrogen-bond donors (Lipinski definition) is 0. The summed E-state index contributed by atoms with van der Waals surface area (Å²) in [6.07, 6.45) is 2.90. The van der Waals surface area contributed by atoms with Crippen molar-refractivity contribution in [1.29, 1.82) is 0 Å². The molecule has 0 amide bonds. The van der Waals surface area contributed by atoms with Crippen molar-refractivity contribution in [2.24, 2.45) is 4.99 Å². The van der Waals surface area contributed by atoms with E-state index in [-0.39, 0.29) is 4.90 Å². The zero-order chi connectivity index (χ0) is 9.31. The molecule has 1 heterocycles. The Morgan fingerprint density at radius 1 is 1.15 bits per heavy atom. The maximum absolute atomic E-state index is 11.5. The minimum absolute atomic E-state index is 0.264. The molecule has 0 aromatic heterocycles. The van der Waals surface area contributed by atoms with Gasteiger partial charge in [0.2, 0.25) is 9.84 Å². The topological polar surface area (TPSA) is 46.5 Å². The molecule has 4 heteroatoms. The fourth-order valence-corrected chi connectivity index (χ4v) is 2.24. The number of nitrogens with zero attached hydrogens (tertiary/aromatic N) is 1. The van der Waals surface area contributed by atoms with E-state index in [2.05, 4.69) is 4.99 Å². The molecule has 13 heavy (non-hydrogen) atoms. The smallest absolute Gasteiger partial charge is 0.202 e. The van der Waals surface area contributed by atoms with Crippen LogP contribution in [0.2, 0.25) is 0 Å². The first-order chi connectivity index (χ1) is 6.20. The first-order valence-electron chi connectivity index (χ1n) is 3.75. The van der Waals surface area contributed by atoms with Crippen LogP contribution in [0.1, 0.15) is 0 Å². The van der Waals surface area contributed by atoms with Crippen molar-refractivity contribution in [3.63, 3.8) is 0 Å². The Kier molecular flexibility index (Phi) is 1.77. The summed E-state index contributed by atoms with van der Waals surface area (Å²) in [5.74, 6) is 0. The van der Waals surface area contributed by atoms with Crippen LogP contribution in [0, 0.1) is 0 Å². The van der Waals surface area contributed by atoms with E-state index >= 15 is 0 Å². The molecule has 0 saturated carbocycles. The van der Waals surface area contributed by atoms with Gasteiger partial charge in [0.1, 0.15) is 0 Å². The normalized spacial score (nSPS) is 17.8. The van der Waals surface area contributed by atoms with Crippen LogP contribution in [0.15, 0.2) is 45.6 Å². The molecule has 0 saturated heterocycles. The lowest BCUT2D eigenvalue weighted by Gasteiger charge is -2.00. The number of para-hydroxylation sites is 1. The summed E-state index contributed by atoms with van der Waals surface area (Å²) in [5, 5.41) is 1.16. The number of hydrogen-bond acceptors (Lipinski definition) is 3. The van der Waals surface area contributed by atoms with Crippen molar-refractivity contribution in [3.8, 4) is 0 Å². The van der Waals surface area contributed by atoms with Crippen molar-refractivity contribution in [2.75, 3.05) is 0 Å². The van der Waals surface area contributed by atoms with Gasteiger partial charge in [-0.2, -0.15) is 0 Å². The van der Waals surface area contributed by atoms with Crippen LogP contribution in [0.25, 0.3) is 0 Å². The second-order valence-electron chi connectivity index (χ2n) is 2.62. The molecular formula is C9H7NO2S. The molecule has 0 spiro atoms. The van der Waals surface area contributed by atoms with Crippen molar-refractivity contribution in [3.05, 3.63) is 35.7 Å². The van der Waals surface area contributed by atoms with Crippen molar-refractivity contribution < 1.29 is 8.42 Å². The van der Waals surface area contributed by atoms with Crippen molar-refractivity contribution in [1.82, 2.24) is 0 Å². The zero-order valence-electron chi connectivity index (χ0n) is 6.71. The van der Waals surface area contributed by atoms with Gasteiger partial charge in [0, 0.05) is 11.6 Å². The third-order valence-electron chi connectivity index (χ3n) is 1.73. The molecule has 1 aromatic rings. The van der Waals surface area contributed by atoms with Crippen LogP contribution >= 0.6 is 0 Å². The highest BCUT2D eigenvalue weighted by Gasteiger charge is 2.15. The van der Waals surface area contributed by atoms with Gasteiger partial charge in [-0.15, -0.1) is 0 Å². The molecule has 2 rings (SSSR count). The predicted molar refractivity (Wildman–Crippen MR) is 50.9 cm³/mol. The molecule has 0 atom stereocenters. The van der Waals surface area contributed by atoms with E-state index in [4.69, 9.17) is 0 Å². The molecular weight excluding hydrogens is 186 g/mol. The third-order valence-corrected chi connectivity index (χ3v) is 3.20. The van der Waals surface area contributed by atoms with Crippen LogP contribution in [0.4, 0.5) is 5.69 Å². The minimum atomic E-state index is -3.28. The van der Waals surface area contributed by atoms with Gasteiger partial charge in [-0.3, -0.25) is 4.99 Å². The van der Waals surface area contributed by atoms with Gasteiger partial charge in [-0.25, -0.2) is 8.42 Å². The fraction of sp³-hybridized carbons (Fsp3) is 0. The van der Waals surface area contributed by atoms with Gasteiger partial charge in [0.05, 0.1) is 10.6 Å². The van der Waals surface area contributed by atoms with E-state index in [9.17, 15) is 8.42 Å². The Morgan fingerprint density at radius 2 is 1.92 bits per heavy atom. The maximum Gasteiger partial charge on any atom is 0.202 e. The second-order valence-corrected chi connectivity index (χ2v) is 4.42. The number of benzene rings is 1. The molecule has 1 aliphatic rings. The standard InChI is InChI=1S/C9H7NO2S/c11-13(12)7-3-6-10-8-4-1-2-5-9(8)13/h1-7H. The van der Waals surface area contributed by atoms with Crippen LogP contribution in [0.5, 0.6) is 0 Å². The Bertz CT molecular complexity index is 486. The summed E-state index contributed by atoms with van der Waals surface area (Å²) >= 11 is 0. The summed E-state index contributed by atoms with van der Waals surface area (Å²) in [5.41, 5.74) is 0.493. The average molecular weight is 193 g/mol. The lowest BCUT2D eigenvalue weighted by Crippen LogP contribution is -1.94. The van der Waals surface area contributed by atoms with Gasteiger partial charge >= 0.3 is 0 Å². The van der Waals surface area contributed by atoms with Crippen molar-refractivity contribution >= 4 is 21.7 Å². The first kappa shape index (κ1) is 8.19. The number of rotatable bonds is 0. The minimum Gasteiger partial charge on any atom is -0.255 e. The fourth-order valence-electron chi connectivity index (χ4n) is 1.14. The van der Waals surface area contributed by atoms with E-state index in [1.807, 2.05) is 0 Å². The maximum atomic E-state index is 11.5. The lowest BCUT2D eigenvalue weighted by atomic mass is 10.3. The molecule has 0 unspecified atom stereocenters. The van der Waals surface area contributed by atoms with Crippen LogP contribution in [-0.4, -0.2) is 14.6 Å². The van der Waals surface area contributed by atoms with E-state index in [1.54, 1.807) is 24.3 Å². The van der Waals surface area contributed by atoms with Gasteiger partial charge in [0.15, 0.2) is 0 Å². The predicted octanol–water partition coefficient (Wildman–Crippen LogP) is 1.69. The summed E-state index contributed by atoms with van der Waals surface area (Å²) in [4.78, 5) is 4.26. The van der Waals surface area contributed by atoms with Crippen LogP contribution in [-0.2, 0) is 9.84 Å². The van der Waals surface area contributed by atoms with E-state index in [0.717, 1.165) is 5.41 Å². The molecule has 1 aliphatic heterocycles. The molecule has 3 nitrogen and oxygen atoms in total. The summed E-state index contributed by atoms with van der Waals surface area (Å²) < 4.78 is 23.1. The quantitative estimate of drug-likeness (QED) is 0.629. The first-order valence-corrected chi connectivity index (χ1v) is 5.30. The zero-order valence-corrected chi connectivity index (χ0v) is 7.53. The van der Waals surface area contributed by atoms with E-state index in [1.165, 1.54) is 12.3 Å². The van der Waals surface area contributed by atoms with Gasteiger partial charge in [0.25, 0.3) is 0 Å². The molecule has 0 aliphatic carbocycles. The van der Waals surface area contributed by atoms with Gasteiger partial charge < -0.3 is 0 Å². The Labute approximate surface area is 76.4 Å². The highest BCUT2D eigenvalue weighted by Crippen LogP contribution is 2.26. The molecule has 0 radical (unpaired) electrons. The lowest BCUT2D eigenvalue weighted by molar-refractivity contribution is 0.605. The number of sulfone groups is 1. The second kappa shape index (κ2) is 2.81. The van der Waals surface area contributed by atoms with Gasteiger partial charge in [-0.05, 0) is 18.2 Å². The molecule has 0 bridgehead atoms. The Morgan fingerprint density at radius 3 is 2.77 bits per heavy atom. The summed E-state index contributed by atoms with van der Waals surface area (Å²) in [6, 6.07) is 6.68. The average Bonchev–Trinajstić information content (AvgIpc) is 2.26. The SMILES string of the molecule is O=S1(=O)C=CC=Nc2ccccc21. The number of aliphatic imine (C=N–C) groups is 1. The third kappa shape index (κ3) is 1.40. The molecule has 0 fully saturated rings. The summed E-state index contributed by atoms with van der Waals surface area (Å²) in [6.45, 7) is 0. The molecule has 66 valence electrons. The van der Waals surface area contributed by atoms with Crippen LogP contribution in [0.3, 0.4) is 0 Å². The number of fused-ring (bicyclic) bond motifs is 1. The highest BCUT2D eigenvalue weighted by atomic mass is 32.2. The van der Waals surface area contributed by atoms with Gasteiger partial charge in [-0.1, -0.05) is 12.1 Å². The monoisotopic (exact) mass is 193 g/mol.